The van der Waals surface area contributed by atoms with E-state index >= 15 is 0 Å². The average molecular weight is 450 g/mol. The smallest absolute Gasteiger partial charge is 0.217 e. The van der Waals surface area contributed by atoms with Crippen molar-refractivity contribution < 1.29 is 23.7 Å². The third-order valence-electron chi connectivity index (χ3n) is 7.33. The summed E-state index contributed by atoms with van der Waals surface area (Å²) in [5.41, 5.74) is -3.47. The van der Waals surface area contributed by atoms with Gasteiger partial charge in [0, 0.05) is 18.1 Å². The average Bonchev–Trinajstić information content (AvgIpc) is 3.00. The van der Waals surface area contributed by atoms with Crippen LogP contribution in [0.2, 0.25) is 0 Å². The predicted octanol–water partition coefficient (Wildman–Crippen LogP) is 4.00. The Morgan fingerprint density at radius 2 is 1.55 bits per heavy atom. The van der Waals surface area contributed by atoms with Crippen molar-refractivity contribution in [3.63, 3.8) is 0 Å². The van der Waals surface area contributed by atoms with Gasteiger partial charge in [0.05, 0.1) is 45.5 Å². The first-order chi connectivity index (χ1) is 15.9. The van der Waals surface area contributed by atoms with Gasteiger partial charge in [0.1, 0.15) is 11.9 Å². The van der Waals surface area contributed by atoms with Crippen LogP contribution in [-0.4, -0.2) is 33.0 Å². The van der Waals surface area contributed by atoms with Gasteiger partial charge >= 0.3 is 0 Å². The zero-order chi connectivity index (χ0) is 23.9. The van der Waals surface area contributed by atoms with Gasteiger partial charge in [-0.2, -0.15) is 15.8 Å². The van der Waals surface area contributed by atoms with Crippen LogP contribution in [0.3, 0.4) is 0 Å². The molecule has 1 saturated carbocycles. The molecule has 0 spiro atoms. The Kier molecular flexibility index (Phi) is 5.60. The van der Waals surface area contributed by atoms with E-state index in [1.807, 2.05) is 0 Å². The summed E-state index contributed by atoms with van der Waals surface area (Å²) in [4.78, 5) is 0. The lowest BCUT2D eigenvalue weighted by Gasteiger charge is -2.50. The number of methoxy groups -OCH3 is 3. The first-order valence-electron chi connectivity index (χ1n) is 10.9. The molecule has 4 unspecified atom stereocenters. The van der Waals surface area contributed by atoms with E-state index in [1.54, 1.807) is 12.1 Å². The number of nitriles is 3. The van der Waals surface area contributed by atoms with Gasteiger partial charge in [0.25, 0.3) is 0 Å². The quantitative estimate of drug-likeness (QED) is 0.725. The Morgan fingerprint density at radius 3 is 2.15 bits per heavy atom. The van der Waals surface area contributed by atoms with Crippen molar-refractivity contribution in [2.45, 2.75) is 50.4 Å². The minimum atomic E-state index is -2.05. The van der Waals surface area contributed by atoms with Gasteiger partial charge in [0.15, 0.2) is 16.9 Å². The van der Waals surface area contributed by atoms with Gasteiger partial charge < -0.3 is 23.7 Å². The largest absolute Gasteiger partial charge is 0.496 e. The van der Waals surface area contributed by atoms with Crippen molar-refractivity contribution in [3.8, 4) is 35.5 Å². The van der Waals surface area contributed by atoms with Crippen molar-refractivity contribution in [1.29, 1.82) is 21.2 Å². The fraction of sp³-hybridized carbons (Fsp3) is 0.583. The molecule has 2 saturated heterocycles. The second kappa shape index (κ2) is 8.14. The maximum absolute atomic E-state index is 10.5. The summed E-state index contributed by atoms with van der Waals surface area (Å²) in [6, 6.07) is 9.58. The molecule has 2 aliphatic heterocycles. The van der Waals surface area contributed by atoms with E-state index in [0.29, 0.717) is 35.7 Å². The van der Waals surface area contributed by atoms with Crippen molar-refractivity contribution >= 4 is 5.90 Å². The van der Waals surface area contributed by atoms with E-state index in [-0.39, 0.29) is 5.90 Å². The normalized spacial score (nSPS) is 31.9. The Labute approximate surface area is 192 Å². The number of rotatable bonds is 4. The van der Waals surface area contributed by atoms with Crippen molar-refractivity contribution in [1.82, 2.24) is 0 Å². The van der Waals surface area contributed by atoms with Gasteiger partial charge in [-0.05, 0) is 18.9 Å². The van der Waals surface area contributed by atoms with E-state index < -0.39 is 28.6 Å². The molecular formula is C24H26N4O5. The molecule has 0 radical (unpaired) electrons. The predicted molar refractivity (Wildman–Crippen MR) is 114 cm³/mol. The molecule has 33 heavy (non-hydrogen) atoms. The number of nitrogens with zero attached hydrogens (tertiary/aromatic N) is 3. The van der Waals surface area contributed by atoms with Crippen LogP contribution in [0.25, 0.3) is 0 Å². The number of ether oxygens (including phenoxy) is 5. The topological polar surface area (TPSA) is 141 Å². The molecule has 172 valence electrons. The first kappa shape index (κ1) is 22.7. The summed E-state index contributed by atoms with van der Waals surface area (Å²) in [7, 11) is 4.42. The van der Waals surface area contributed by atoms with Crippen LogP contribution in [0.1, 0.15) is 50.2 Å². The summed E-state index contributed by atoms with van der Waals surface area (Å²) in [5, 5.41) is 40.1. The number of hydrogen-bond donors (Lipinski definition) is 1. The molecule has 1 aromatic carbocycles. The zero-order valence-corrected chi connectivity index (χ0v) is 18.9. The van der Waals surface area contributed by atoms with Gasteiger partial charge in [-0.15, -0.1) is 0 Å². The monoisotopic (exact) mass is 450 g/mol. The van der Waals surface area contributed by atoms with E-state index in [2.05, 4.69) is 18.2 Å². The van der Waals surface area contributed by atoms with Crippen molar-refractivity contribution in [2.24, 2.45) is 16.7 Å². The molecular weight excluding hydrogens is 424 g/mol. The lowest BCUT2D eigenvalue weighted by Crippen LogP contribution is -2.59. The highest BCUT2D eigenvalue weighted by Crippen LogP contribution is 2.69. The van der Waals surface area contributed by atoms with Gasteiger partial charge in [-0.3, -0.25) is 5.41 Å². The Balaban J connectivity index is 2.02. The van der Waals surface area contributed by atoms with Crippen LogP contribution in [-0.2, 0) is 9.47 Å². The second-order valence-corrected chi connectivity index (χ2v) is 8.65. The molecule has 1 aromatic rings. The molecule has 0 amide bonds. The molecule has 3 aliphatic rings. The third-order valence-corrected chi connectivity index (χ3v) is 7.33. The van der Waals surface area contributed by atoms with E-state index in [4.69, 9.17) is 29.1 Å². The zero-order valence-electron chi connectivity index (χ0n) is 18.9. The maximum atomic E-state index is 10.5. The van der Waals surface area contributed by atoms with Crippen LogP contribution < -0.4 is 14.2 Å². The van der Waals surface area contributed by atoms with E-state index in [1.165, 1.54) is 21.3 Å². The van der Waals surface area contributed by atoms with Crippen molar-refractivity contribution in [2.75, 3.05) is 21.3 Å². The Morgan fingerprint density at radius 1 is 0.909 bits per heavy atom. The van der Waals surface area contributed by atoms with E-state index in [0.717, 1.165) is 25.7 Å². The minimum Gasteiger partial charge on any atom is -0.496 e. The number of hydrogen-bond acceptors (Lipinski definition) is 9. The fourth-order valence-electron chi connectivity index (χ4n) is 5.75. The highest BCUT2D eigenvalue weighted by atomic mass is 16.7. The lowest BCUT2D eigenvalue weighted by atomic mass is 9.52. The summed E-state index contributed by atoms with van der Waals surface area (Å²) in [6.07, 6.45) is 3.29. The summed E-state index contributed by atoms with van der Waals surface area (Å²) >= 11 is 0. The molecule has 1 N–H and O–H groups in total. The Bertz CT molecular complexity index is 1090. The summed E-state index contributed by atoms with van der Waals surface area (Å²) in [6.45, 7) is 0. The van der Waals surface area contributed by atoms with Crippen LogP contribution in [0.5, 0.6) is 17.2 Å². The molecule has 9 heteroatoms. The lowest BCUT2D eigenvalue weighted by molar-refractivity contribution is -0.289. The molecule has 2 heterocycles. The molecule has 1 aliphatic carbocycles. The molecule has 9 nitrogen and oxygen atoms in total. The van der Waals surface area contributed by atoms with Crippen LogP contribution >= 0.6 is 0 Å². The highest BCUT2D eigenvalue weighted by molar-refractivity contribution is 5.89. The van der Waals surface area contributed by atoms with Gasteiger partial charge in [-0.1, -0.05) is 19.3 Å². The highest BCUT2D eigenvalue weighted by Gasteiger charge is 2.80. The van der Waals surface area contributed by atoms with Crippen molar-refractivity contribution in [3.05, 3.63) is 17.7 Å². The van der Waals surface area contributed by atoms with Crippen LogP contribution in [0.4, 0.5) is 0 Å². The first-order valence-corrected chi connectivity index (χ1v) is 10.9. The Hall–Kier alpha value is -3.48. The van der Waals surface area contributed by atoms with Crippen LogP contribution in [0, 0.1) is 56.2 Å². The summed E-state index contributed by atoms with van der Waals surface area (Å²) < 4.78 is 29.0. The van der Waals surface area contributed by atoms with Crippen LogP contribution in [0.15, 0.2) is 12.1 Å². The van der Waals surface area contributed by atoms with Gasteiger partial charge in [-0.25, -0.2) is 0 Å². The standard InChI is InChI=1S/C24H26N4O5/c1-29-16-11-18(31-3)17(30-2)10-15(16)20-22(12-25,13-26)23(14-27)19-8-6-4-5-7-9-24(19,32-20)33-21(23)28/h10-11,19-20,28H,4-9H2,1-3H3. The molecule has 2 bridgehead atoms. The fourth-order valence-corrected chi connectivity index (χ4v) is 5.75. The second-order valence-electron chi connectivity index (χ2n) is 8.65. The van der Waals surface area contributed by atoms with E-state index in [9.17, 15) is 15.8 Å². The molecule has 3 fully saturated rings. The third kappa shape index (κ3) is 2.81. The molecule has 4 rings (SSSR count). The summed E-state index contributed by atoms with van der Waals surface area (Å²) in [5.74, 6) is -1.18. The molecule has 0 aromatic heterocycles. The molecule has 4 atom stereocenters. The maximum Gasteiger partial charge on any atom is 0.217 e. The van der Waals surface area contributed by atoms with Gasteiger partial charge in [0.2, 0.25) is 17.1 Å². The SMILES string of the molecule is COc1cc(OC)c(C2OC34CCCCCCC3C(C#N)(C(=N)O4)C2(C#N)C#N)cc1OC. The number of nitrogens with one attached hydrogen (secondary N) is 1. The minimum absolute atomic E-state index is 0.312. The number of benzene rings is 1.